The summed E-state index contributed by atoms with van der Waals surface area (Å²) in [5, 5.41) is 0. The molecule has 2 heterocycles. The van der Waals surface area contributed by atoms with Gasteiger partial charge in [-0.1, -0.05) is 30.3 Å². The van der Waals surface area contributed by atoms with Crippen molar-refractivity contribution in [2.75, 3.05) is 52.5 Å². The number of rotatable bonds is 7. The van der Waals surface area contributed by atoms with Gasteiger partial charge in [-0.25, -0.2) is 8.42 Å². The van der Waals surface area contributed by atoms with Crippen molar-refractivity contribution >= 4 is 10.0 Å². The summed E-state index contributed by atoms with van der Waals surface area (Å²) in [6, 6.07) is 17.0. The zero-order valence-electron chi connectivity index (χ0n) is 17.9. The summed E-state index contributed by atoms with van der Waals surface area (Å²) in [4.78, 5) is 2.64. The molecule has 2 unspecified atom stereocenters. The number of hydrogen-bond acceptors (Lipinski definition) is 6. The molecule has 2 aromatic rings. The standard InChI is InChI=1S/C23H30N2O5S/c1-19-17-24(18-23(30-19)20-5-3-2-4-6-20)11-16-29-21-7-9-22(10-8-21)31(26,27)25-12-14-28-15-13-25/h2-10,19,23H,11-18H2,1H3. The summed E-state index contributed by atoms with van der Waals surface area (Å²) in [6.45, 7) is 6.76. The first kappa shape index (κ1) is 22.2. The molecule has 2 atom stereocenters. The van der Waals surface area contributed by atoms with E-state index in [-0.39, 0.29) is 17.1 Å². The fourth-order valence-corrected chi connectivity index (χ4v) is 5.42. The van der Waals surface area contributed by atoms with Crippen LogP contribution in [0.5, 0.6) is 5.75 Å². The second-order valence-corrected chi connectivity index (χ2v) is 9.88. The SMILES string of the molecule is CC1CN(CCOc2ccc(S(=O)(=O)N3CCOCC3)cc2)CC(c2ccccc2)O1. The first-order valence-electron chi connectivity index (χ1n) is 10.8. The van der Waals surface area contributed by atoms with Gasteiger partial charge in [0, 0.05) is 32.7 Å². The lowest BCUT2D eigenvalue weighted by Crippen LogP contribution is -2.44. The fraction of sp³-hybridized carbons (Fsp3) is 0.478. The highest BCUT2D eigenvalue weighted by molar-refractivity contribution is 7.89. The van der Waals surface area contributed by atoms with Gasteiger partial charge >= 0.3 is 0 Å². The van der Waals surface area contributed by atoms with Gasteiger partial charge in [-0.05, 0) is 36.8 Å². The number of hydrogen-bond donors (Lipinski definition) is 0. The van der Waals surface area contributed by atoms with Crippen molar-refractivity contribution < 1.29 is 22.6 Å². The van der Waals surface area contributed by atoms with E-state index in [1.807, 2.05) is 18.2 Å². The van der Waals surface area contributed by atoms with E-state index in [0.29, 0.717) is 38.7 Å². The molecule has 7 nitrogen and oxygen atoms in total. The van der Waals surface area contributed by atoms with E-state index < -0.39 is 10.0 Å². The van der Waals surface area contributed by atoms with Crippen LogP contribution >= 0.6 is 0 Å². The van der Waals surface area contributed by atoms with E-state index >= 15 is 0 Å². The van der Waals surface area contributed by atoms with Crippen LogP contribution in [0.1, 0.15) is 18.6 Å². The van der Waals surface area contributed by atoms with Crippen LogP contribution in [0.25, 0.3) is 0 Å². The maximum absolute atomic E-state index is 12.7. The number of benzene rings is 2. The lowest BCUT2D eigenvalue weighted by atomic mass is 10.1. The van der Waals surface area contributed by atoms with Crippen molar-refractivity contribution in [2.45, 2.75) is 24.0 Å². The molecule has 2 aliphatic rings. The molecule has 8 heteroatoms. The Bertz CT molecular complexity index is 930. The highest BCUT2D eigenvalue weighted by Crippen LogP contribution is 2.25. The molecule has 0 radical (unpaired) electrons. The summed E-state index contributed by atoms with van der Waals surface area (Å²) in [7, 11) is -3.48. The molecule has 2 aliphatic heterocycles. The van der Waals surface area contributed by atoms with Crippen LogP contribution in [0.2, 0.25) is 0 Å². The van der Waals surface area contributed by atoms with Crippen molar-refractivity contribution in [1.82, 2.24) is 9.21 Å². The van der Waals surface area contributed by atoms with Crippen LogP contribution in [0.3, 0.4) is 0 Å². The molecular formula is C23H30N2O5S. The van der Waals surface area contributed by atoms with Crippen molar-refractivity contribution in [1.29, 1.82) is 0 Å². The van der Waals surface area contributed by atoms with Gasteiger partial charge < -0.3 is 14.2 Å². The third kappa shape index (κ3) is 5.64. The summed E-state index contributed by atoms with van der Waals surface area (Å²) in [5.74, 6) is 0.668. The molecule has 31 heavy (non-hydrogen) atoms. The molecule has 168 valence electrons. The van der Waals surface area contributed by atoms with Crippen LogP contribution in [0.4, 0.5) is 0 Å². The molecule has 0 N–H and O–H groups in total. The molecule has 0 saturated carbocycles. The minimum Gasteiger partial charge on any atom is -0.492 e. The van der Waals surface area contributed by atoms with E-state index in [1.165, 1.54) is 9.87 Å². The molecule has 2 saturated heterocycles. The van der Waals surface area contributed by atoms with Gasteiger partial charge in [0.15, 0.2) is 0 Å². The smallest absolute Gasteiger partial charge is 0.243 e. The van der Waals surface area contributed by atoms with Gasteiger partial charge in [-0.3, -0.25) is 4.90 Å². The fourth-order valence-electron chi connectivity index (χ4n) is 4.01. The average Bonchev–Trinajstić information content (AvgIpc) is 2.80. The topological polar surface area (TPSA) is 68.3 Å². The molecular weight excluding hydrogens is 416 g/mol. The van der Waals surface area contributed by atoms with Crippen molar-refractivity contribution in [3.05, 3.63) is 60.2 Å². The molecule has 2 aromatic carbocycles. The van der Waals surface area contributed by atoms with Crippen LogP contribution in [-0.4, -0.2) is 76.3 Å². The Balaban J connectivity index is 1.29. The van der Waals surface area contributed by atoms with Gasteiger partial charge in [0.2, 0.25) is 10.0 Å². The van der Waals surface area contributed by atoms with E-state index in [1.54, 1.807) is 24.3 Å². The Morgan fingerprint density at radius 1 is 1.00 bits per heavy atom. The highest BCUT2D eigenvalue weighted by Gasteiger charge is 2.27. The van der Waals surface area contributed by atoms with Crippen molar-refractivity contribution in [3.8, 4) is 5.75 Å². The first-order valence-corrected chi connectivity index (χ1v) is 12.2. The summed E-state index contributed by atoms with van der Waals surface area (Å²) >= 11 is 0. The molecule has 0 aliphatic carbocycles. The second kappa shape index (κ2) is 10.1. The van der Waals surface area contributed by atoms with Gasteiger partial charge in [0.1, 0.15) is 12.4 Å². The van der Waals surface area contributed by atoms with Gasteiger partial charge in [-0.15, -0.1) is 0 Å². The maximum atomic E-state index is 12.7. The Hall–Kier alpha value is -1.97. The third-order valence-corrected chi connectivity index (χ3v) is 7.53. The zero-order valence-corrected chi connectivity index (χ0v) is 18.7. The van der Waals surface area contributed by atoms with Gasteiger partial charge in [-0.2, -0.15) is 4.31 Å². The number of morpholine rings is 2. The summed E-state index contributed by atoms with van der Waals surface area (Å²) in [5.41, 5.74) is 1.19. The third-order valence-electron chi connectivity index (χ3n) is 5.62. The quantitative estimate of drug-likeness (QED) is 0.651. The Labute approximate surface area is 184 Å². The maximum Gasteiger partial charge on any atom is 0.243 e. The van der Waals surface area contributed by atoms with Crippen LogP contribution in [0.15, 0.2) is 59.5 Å². The Morgan fingerprint density at radius 2 is 1.71 bits per heavy atom. The minimum atomic E-state index is -3.48. The lowest BCUT2D eigenvalue weighted by molar-refractivity contribution is -0.0807. The van der Waals surface area contributed by atoms with Crippen LogP contribution < -0.4 is 4.74 Å². The van der Waals surface area contributed by atoms with Gasteiger partial charge in [0.25, 0.3) is 0 Å². The number of ether oxygens (including phenoxy) is 3. The molecule has 2 fully saturated rings. The first-order chi connectivity index (χ1) is 15.0. The number of sulfonamides is 1. The van der Waals surface area contributed by atoms with E-state index in [0.717, 1.165) is 19.6 Å². The van der Waals surface area contributed by atoms with Gasteiger partial charge in [0.05, 0.1) is 30.3 Å². The molecule has 0 aromatic heterocycles. The number of nitrogens with zero attached hydrogens (tertiary/aromatic N) is 2. The summed E-state index contributed by atoms with van der Waals surface area (Å²) in [6.07, 6.45) is 0.221. The van der Waals surface area contributed by atoms with E-state index in [4.69, 9.17) is 14.2 Å². The molecule has 0 bridgehead atoms. The predicted octanol–water partition coefficient (Wildman–Crippen LogP) is 2.55. The highest BCUT2D eigenvalue weighted by atomic mass is 32.2. The van der Waals surface area contributed by atoms with E-state index in [2.05, 4.69) is 24.0 Å². The molecule has 0 amide bonds. The van der Waals surface area contributed by atoms with Crippen LogP contribution in [-0.2, 0) is 19.5 Å². The molecule has 0 spiro atoms. The monoisotopic (exact) mass is 446 g/mol. The normalized spacial score (nSPS) is 23.5. The molecule has 4 rings (SSSR count). The van der Waals surface area contributed by atoms with Crippen molar-refractivity contribution in [2.24, 2.45) is 0 Å². The minimum absolute atomic E-state index is 0.0645. The Kier molecular flexibility index (Phi) is 7.24. The average molecular weight is 447 g/mol. The lowest BCUT2D eigenvalue weighted by Gasteiger charge is -2.37. The summed E-state index contributed by atoms with van der Waals surface area (Å²) < 4.78 is 44.1. The van der Waals surface area contributed by atoms with Crippen molar-refractivity contribution in [3.63, 3.8) is 0 Å². The largest absolute Gasteiger partial charge is 0.492 e. The zero-order chi connectivity index (χ0) is 21.7. The second-order valence-electron chi connectivity index (χ2n) is 7.94. The predicted molar refractivity (Wildman–Crippen MR) is 118 cm³/mol. The van der Waals surface area contributed by atoms with Crippen LogP contribution in [0, 0.1) is 0 Å². The Morgan fingerprint density at radius 3 is 2.42 bits per heavy atom. The van der Waals surface area contributed by atoms with E-state index in [9.17, 15) is 8.42 Å².